The van der Waals surface area contributed by atoms with Gasteiger partial charge in [0, 0.05) is 24.5 Å². The van der Waals surface area contributed by atoms with Gasteiger partial charge in [-0.2, -0.15) is 4.98 Å². The summed E-state index contributed by atoms with van der Waals surface area (Å²) in [5.74, 6) is 0.0924. The van der Waals surface area contributed by atoms with Crippen LogP contribution in [-0.2, 0) is 20.9 Å². The van der Waals surface area contributed by atoms with Gasteiger partial charge in [-0.05, 0) is 36.1 Å². The average Bonchev–Trinajstić information content (AvgIpc) is 3.37. The molecule has 8 nitrogen and oxygen atoms in total. The molecule has 34 heavy (non-hydrogen) atoms. The van der Waals surface area contributed by atoms with Crippen LogP contribution in [-0.4, -0.2) is 55.2 Å². The normalized spacial score (nSPS) is 18.0. The molecule has 0 atom stereocenters. The van der Waals surface area contributed by atoms with Crippen LogP contribution in [0.5, 0.6) is 17.5 Å². The number of aromatic nitrogens is 1. The van der Waals surface area contributed by atoms with E-state index in [1.54, 1.807) is 12.1 Å². The van der Waals surface area contributed by atoms with Crippen molar-refractivity contribution in [1.29, 1.82) is 0 Å². The summed E-state index contributed by atoms with van der Waals surface area (Å²) >= 11 is 6.62. The van der Waals surface area contributed by atoms with Gasteiger partial charge in [0.05, 0.1) is 40.1 Å². The molecule has 0 unspecified atom stereocenters. The highest BCUT2D eigenvalue weighted by molar-refractivity contribution is 6.34. The van der Waals surface area contributed by atoms with Crippen molar-refractivity contribution in [1.82, 2.24) is 4.98 Å². The van der Waals surface area contributed by atoms with E-state index in [1.165, 1.54) is 14.2 Å². The second kappa shape index (κ2) is 10.8. The zero-order valence-electron chi connectivity index (χ0n) is 19.5. The summed E-state index contributed by atoms with van der Waals surface area (Å²) < 4.78 is 28.3. The van der Waals surface area contributed by atoms with E-state index >= 15 is 0 Å². The zero-order chi connectivity index (χ0) is 24.1. The minimum absolute atomic E-state index is 0.204. The Morgan fingerprint density at radius 2 is 1.88 bits per heavy atom. The first-order valence-electron chi connectivity index (χ1n) is 11.5. The Hall–Kier alpha value is -2.55. The van der Waals surface area contributed by atoms with E-state index in [2.05, 4.69) is 4.98 Å². The number of aliphatic carboxylic acids is 1. The molecule has 2 heterocycles. The molecular weight excluding hydrogens is 462 g/mol. The number of carboxylic acids is 1. The molecule has 2 aromatic rings. The van der Waals surface area contributed by atoms with Crippen molar-refractivity contribution in [3.63, 3.8) is 0 Å². The predicted molar refractivity (Wildman–Crippen MR) is 126 cm³/mol. The van der Waals surface area contributed by atoms with Gasteiger partial charge in [0.1, 0.15) is 10.8 Å². The number of carboxylic acid groups (broad SMARTS) is 1. The van der Waals surface area contributed by atoms with Gasteiger partial charge < -0.3 is 28.8 Å². The van der Waals surface area contributed by atoms with E-state index in [0.717, 1.165) is 36.8 Å². The maximum atomic E-state index is 12.1. The van der Waals surface area contributed by atoms with Crippen molar-refractivity contribution in [2.45, 2.75) is 56.8 Å². The van der Waals surface area contributed by atoms with Crippen molar-refractivity contribution in [2.75, 3.05) is 27.4 Å². The summed E-state index contributed by atoms with van der Waals surface area (Å²) in [6, 6.07) is 7.19. The molecule has 1 aliphatic carbocycles. The molecule has 0 radical (unpaired) electrons. The highest BCUT2D eigenvalue weighted by atomic mass is 35.5. The molecule has 184 valence electrons. The van der Waals surface area contributed by atoms with Gasteiger partial charge in [0.2, 0.25) is 17.4 Å². The third kappa shape index (κ3) is 5.24. The maximum absolute atomic E-state index is 12.1. The van der Waals surface area contributed by atoms with Crippen LogP contribution in [0.15, 0.2) is 24.3 Å². The summed E-state index contributed by atoms with van der Waals surface area (Å²) in [5, 5.41) is 10.2. The second-order valence-corrected chi connectivity index (χ2v) is 8.96. The van der Waals surface area contributed by atoms with Crippen molar-refractivity contribution >= 4 is 17.6 Å². The van der Waals surface area contributed by atoms with E-state index in [4.69, 9.17) is 35.3 Å². The largest absolute Gasteiger partial charge is 0.481 e. The Bertz CT molecular complexity index is 1020. The number of carbonyl (C=O) groups is 1. The molecule has 1 aromatic carbocycles. The number of pyridine rings is 1. The Morgan fingerprint density at radius 1 is 1.15 bits per heavy atom. The van der Waals surface area contributed by atoms with Crippen molar-refractivity contribution in [3.8, 4) is 28.6 Å². The van der Waals surface area contributed by atoms with Gasteiger partial charge in [0.25, 0.3) is 0 Å². The molecule has 2 fully saturated rings. The Labute approximate surface area is 204 Å². The molecule has 1 N–H and O–H groups in total. The average molecular weight is 492 g/mol. The quantitative estimate of drug-likeness (QED) is 0.529. The van der Waals surface area contributed by atoms with Gasteiger partial charge >= 0.3 is 5.97 Å². The minimum atomic E-state index is -1.32. The minimum Gasteiger partial charge on any atom is -0.481 e. The monoisotopic (exact) mass is 491 g/mol. The molecule has 0 amide bonds. The third-order valence-electron chi connectivity index (χ3n) is 6.45. The molecule has 1 saturated carbocycles. The Morgan fingerprint density at radius 3 is 2.53 bits per heavy atom. The fraction of sp³-hybridized carbons (Fsp3) is 0.520. The predicted octanol–water partition coefficient (Wildman–Crippen LogP) is 4.89. The first kappa shape index (κ1) is 24.6. The summed E-state index contributed by atoms with van der Waals surface area (Å²) in [6.07, 6.45) is 5.15. The smallest absolute Gasteiger partial charge is 0.348 e. The van der Waals surface area contributed by atoms with Crippen LogP contribution in [0.2, 0.25) is 5.02 Å². The van der Waals surface area contributed by atoms with Crippen LogP contribution in [0, 0.1) is 0 Å². The molecule has 0 spiro atoms. The van der Waals surface area contributed by atoms with E-state index < -0.39 is 11.6 Å². The Balaban J connectivity index is 1.72. The van der Waals surface area contributed by atoms with Crippen LogP contribution >= 0.6 is 11.6 Å². The number of nitrogens with zero attached hydrogens (tertiary/aromatic N) is 1. The lowest BCUT2D eigenvalue weighted by atomic mass is 9.94. The SMILES string of the molecule is COc1cc(-c2ccc(OC3(C(=O)O)CCOCC3)cc2COC2CCCC2)c(Cl)c(OC)n1. The number of benzene rings is 1. The van der Waals surface area contributed by atoms with Crippen LogP contribution in [0.25, 0.3) is 11.1 Å². The van der Waals surface area contributed by atoms with E-state index in [9.17, 15) is 9.90 Å². The molecule has 0 bridgehead atoms. The summed E-state index contributed by atoms with van der Waals surface area (Å²) in [4.78, 5) is 16.3. The van der Waals surface area contributed by atoms with Gasteiger partial charge in [-0.1, -0.05) is 30.5 Å². The van der Waals surface area contributed by atoms with E-state index in [1.807, 2.05) is 12.1 Å². The first-order chi connectivity index (χ1) is 16.5. The van der Waals surface area contributed by atoms with E-state index in [-0.39, 0.29) is 24.8 Å². The molecule has 1 saturated heterocycles. The number of halogens is 1. The van der Waals surface area contributed by atoms with Crippen molar-refractivity contribution < 1.29 is 33.6 Å². The summed E-state index contributed by atoms with van der Waals surface area (Å²) in [7, 11) is 3.03. The molecule has 9 heteroatoms. The maximum Gasteiger partial charge on any atom is 0.348 e. The molecular formula is C25H30ClNO7. The Kier molecular flexibility index (Phi) is 7.80. The number of rotatable bonds is 9. The van der Waals surface area contributed by atoms with Crippen LogP contribution < -0.4 is 14.2 Å². The lowest BCUT2D eigenvalue weighted by molar-refractivity contribution is -0.163. The van der Waals surface area contributed by atoms with Gasteiger partial charge in [-0.25, -0.2) is 4.79 Å². The molecule has 4 rings (SSSR count). The first-order valence-corrected chi connectivity index (χ1v) is 11.9. The lowest BCUT2D eigenvalue weighted by Crippen LogP contribution is -2.49. The number of hydrogen-bond donors (Lipinski definition) is 1. The van der Waals surface area contributed by atoms with Gasteiger partial charge in [-0.3, -0.25) is 0 Å². The lowest BCUT2D eigenvalue weighted by Gasteiger charge is -2.33. The highest BCUT2D eigenvalue weighted by Crippen LogP contribution is 2.40. The van der Waals surface area contributed by atoms with Crippen molar-refractivity contribution in [2.24, 2.45) is 0 Å². The number of methoxy groups -OCH3 is 2. The van der Waals surface area contributed by atoms with Crippen LogP contribution in [0.4, 0.5) is 0 Å². The second-order valence-electron chi connectivity index (χ2n) is 8.59. The highest BCUT2D eigenvalue weighted by Gasteiger charge is 2.43. The topological polar surface area (TPSA) is 96.3 Å². The number of ether oxygens (including phenoxy) is 5. The fourth-order valence-corrected chi connectivity index (χ4v) is 4.76. The summed E-state index contributed by atoms with van der Waals surface area (Å²) in [5.41, 5.74) is 1.00. The standard InChI is InChI=1S/C25H30ClNO7/c1-30-21-14-20(22(26)23(27-21)31-2)19-8-7-18(13-16(19)15-33-17-5-3-4-6-17)34-25(24(28)29)9-11-32-12-10-25/h7-8,13-14,17H,3-6,9-12,15H2,1-2H3,(H,28,29). The molecule has 2 aliphatic rings. The number of hydrogen-bond acceptors (Lipinski definition) is 7. The molecule has 1 aromatic heterocycles. The molecule has 1 aliphatic heterocycles. The van der Waals surface area contributed by atoms with Gasteiger partial charge in [-0.15, -0.1) is 0 Å². The van der Waals surface area contributed by atoms with Crippen LogP contribution in [0.1, 0.15) is 44.1 Å². The van der Waals surface area contributed by atoms with Crippen LogP contribution in [0.3, 0.4) is 0 Å². The third-order valence-corrected chi connectivity index (χ3v) is 6.82. The zero-order valence-corrected chi connectivity index (χ0v) is 20.2. The van der Waals surface area contributed by atoms with Gasteiger partial charge in [0.15, 0.2) is 0 Å². The fourth-order valence-electron chi connectivity index (χ4n) is 4.48. The van der Waals surface area contributed by atoms with Crippen molar-refractivity contribution in [3.05, 3.63) is 34.9 Å². The summed E-state index contributed by atoms with van der Waals surface area (Å²) in [6.45, 7) is 1.02. The van der Waals surface area contributed by atoms with E-state index in [0.29, 0.717) is 42.0 Å².